The molecule has 2 atom stereocenters. The van der Waals surface area contributed by atoms with Gasteiger partial charge in [0, 0.05) is 13.0 Å². The van der Waals surface area contributed by atoms with Crippen molar-refractivity contribution >= 4 is 41.1 Å². The van der Waals surface area contributed by atoms with Crippen LogP contribution in [-0.2, 0) is 19.1 Å². The minimum Gasteiger partial charge on any atom is -0.444 e. The normalized spacial score (nSPS) is 12.7. The highest BCUT2D eigenvalue weighted by molar-refractivity contribution is 6.34. The number of anilines is 1. The summed E-state index contributed by atoms with van der Waals surface area (Å²) in [7, 11) is 0. The zero-order chi connectivity index (χ0) is 29.5. The lowest BCUT2D eigenvalue weighted by atomic mass is 9.96. The minimum atomic E-state index is -1.16. The van der Waals surface area contributed by atoms with Crippen LogP contribution in [0.4, 0.5) is 10.5 Å². The number of nitrogens with one attached hydrogen (secondary N) is 2. The van der Waals surface area contributed by atoms with Crippen LogP contribution >= 0.6 is 11.6 Å². The van der Waals surface area contributed by atoms with Crippen molar-refractivity contribution in [1.29, 1.82) is 0 Å². The Balaban J connectivity index is 2.55. The number of halogens is 1. The number of ether oxygens (including phenoxy) is 1. The van der Waals surface area contributed by atoms with Gasteiger partial charge in [0.15, 0.2) is 0 Å². The van der Waals surface area contributed by atoms with E-state index < -0.39 is 41.5 Å². The van der Waals surface area contributed by atoms with E-state index in [1.54, 1.807) is 39.8 Å². The van der Waals surface area contributed by atoms with Gasteiger partial charge in [-0.1, -0.05) is 47.5 Å². The number of para-hydroxylation sites is 1. The van der Waals surface area contributed by atoms with E-state index in [-0.39, 0.29) is 19.4 Å². The summed E-state index contributed by atoms with van der Waals surface area (Å²) in [6.45, 7) is 12.6. The Bertz CT molecular complexity index is 1200. The molecule has 0 aromatic heterocycles. The van der Waals surface area contributed by atoms with Crippen LogP contribution < -0.4 is 16.4 Å². The van der Waals surface area contributed by atoms with E-state index in [9.17, 15) is 19.2 Å². The average molecular weight is 559 g/mol. The van der Waals surface area contributed by atoms with Crippen LogP contribution in [0.1, 0.15) is 68.8 Å². The fourth-order valence-corrected chi connectivity index (χ4v) is 4.49. The third kappa shape index (κ3) is 8.99. The van der Waals surface area contributed by atoms with E-state index in [0.717, 1.165) is 16.7 Å². The molecule has 0 heterocycles. The van der Waals surface area contributed by atoms with Gasteiger partial charge >= 0.3 is 6.09 Å². The van der Waals surface area contributed by atoms with Crippen molar-refractivity contribution in [2.75, 3.05) is 11.9 Å². The number of hydrogen-bond acceptors (Lipinski definition) is 5. The van der Waals surface area contributed by atoms with Crippen molar-refractivity contribution in [3.05, 3.63) is 63.7 Å². The fourth-order valence-electron chi connectivity index (χ4n) is 4.22. The molecule has 2 rings (SSSR count). The van der Waals surface area contributed by atoms with E-state index in [0.29, 0.717) is 16.3 Å². The summed E-state index contributed by atoms with van der Waals surface area (Å²) < 4.78 is 5.34. The van der Waals surface area contributed by atoms with Gasteiger partial charge in [0.1, 0.15) is 17.7 Å². The van der Waals surface area contributed by atoms with Gasteiger partial charge in [0.25, 0.3) is 5.91 Å². The molecule has 0 saturated heterocycles. The number of hydrogen-bond donors (Lipinski definition) is 3. The van der Waals surface area contributed by atoms with Gasteiger partial charge in [0.05, 0.1) is 10.7 Å². The Labute approximate surface area is 235 Å². The zero-order valence-corrected chi connectivity index (χ0v) is 24.4. The van der Waals surface area contributed by atoms with Gasteiger partial charge < -0.3 is 26.0 Å². The molecule has 0 spiro atoms. The van der Waals surface area contributed by atoms with Crippen LogP contribution in [0.2, 0.25) is 5.02 Å². The lowest BCUT2D eigenvalue weighted by molar-refractivity contribution is -0.140. The Kier molecular flexibility index (Phi) is 10.9. The van der Waals surface area contributed by atoms with Gasteiger partial charge in [-0.05, 0) is 77.6 Å². The van der Waals surface area contributed by atoms with Crippen molar-refractivity contribution in [3.8, 4) is 0 Å². The first-order valence-corrected chi connectivity index (χ1v) is 13.2. The second-order valence-corrected chi connectivity index (χ2v) is 10.9. The molecule has 0 radical (unpaired) electrons. The van der Waals surface area contributed by atoms with Gasteiger partial charge in [-0.2, -0.15) is 0 Å². The maximum absolute atomic E-state index is 14.0. The molecular weight excluding hydrogens is 520 g/mol. The first-order valence-electron chi connectivity index (χ1n) is 12.9. The molecule has 0 fully saturated rings. The smallest absolute Gasteiger partial charge is 0.408 e. The number of rotatable bonds is 10. The molecule has 0 aliphatic rings. The zero-order valence-electron chi connectivity index (χ0n) is 23.7. The molecule has 10 heteroatoms. The molecular formula is C29H39ClN4O5. The van der Waals surface area contributed by atoms with E-state index in [2.05, 4.69) is 10.6 Å². The molecule has 0 bridgehead atoms. The van der Waals surface area contributed by atoms with Crippen LogP contribution in [0.25, 0.3) is 0 Å². The van der Waals surface area contributed by atoms with Crippen molar-refractivity contribution in [1.82, 2.24) is 10.2 Å². The number of benzene rings is 2. The van der Waals surface area contributed by atoms with Crippen molar-refractivity contribution in [3.63, 3.8) is 0 Å². The van der Waals surface area contributed by atoms with E-state index in [1.807, 2.05) is 45.0 Å². The second kappa shape index (κ2) is 13.5. The van der Waals surface area contributed by atoms with Crippen molar-refractivity contribution in [2.45, 2.75) is 79.0 Å². The predicted octanol–water partition coefficient (Wildman–Crippen LogP) is 4.95. The summed E-state index contributed by atoms with van der Waals surface area (Å²) in [6.07, 6.45) is -1.03. The summed E-state index contributed by atoms with van der Waals surface area (Å²) in [5.41, 5.74) is 8.17. The highest BCUT2D eigenvalue weighted by Crippen LogP contribution is 2.31. The monoisotopic (exact) mass is 558 g/mol. The number of carbonyl (C=O) groups excluding carboxylic acids is 4. The summed E-state index contributed by atoms with van der Waals surface area (Å²) >= 11 is 6.38. The Morgan fingerprint density at radius 2 is 1.72 bits per heavy atom. The maximum Gasteiger partial charge on any atom is 0.408 e. The number of nitrogens with zero attached hydrogens (tertiary/aromatic N) is 1. The summed E-state index contributed by atoms with van der Waals surface area (Å²) in [4.78, 5) is 53.4. The number of likely N-dealkylation sites (N-methyl/N-ethyl adjacent to an activating group) is 1. The number of carbonyl (C=O) groups is 4. The number of alkyl carbamates (subject to hydrolysis) is 1. The maximum atomic E-state index is 14.0. The molecule has 9 nitrogen and oxygen atoms in total. The van der Waals surface area contributed by atoms with Gasteiger partial charge in [0.2, 0.25) is 11.8 Å². The quantitative estimate of drug-likeness (QED) is 0.379. The van der Waals surface area contributed by atoms with Gasteiger partial charge in [-0.15, -0.1) is 0 Å². The summed E-state index contributed by atoms with van der Waals surface area (Å²) in [5.74, 6) is -1.65. The first kappa shape index (κ1) is 31.6. The molecule has 4 amide bonds. The lowest BCUT2D eigenvalue weighted by Crippen LogP contribution is -2.52. The third-order valence-corrected chi connectivity index (χ3v) is 6.36. The van der Waals surface area contributed by atoms with E-state index >= 15 is 0 Å². The average Bonchev–Trinajstić information content (AvgIpc) is 2.81. The molecule has 0 aliphatic carbocycles. The summed E-state index contributed by atoms with van der Waals surface area (Å²) in [5, 5.41) is 5.83. The van der Waals surface area contributed by atoms with Gasteiger partial charge in [-0.25, -0.2) is 4.79 Å². The predicted molar refractivity (Wildman–Crippen MR) is 152 cm³/mol. The molecule has 0 aliphatic heterocycles. The number of primary amides is 1. The van der Waals surface area contributed by atoms with Crippen molar-refractivity contribution in [2.24, 2.45) is 5.73 Å². The first-order chi connectivity index (χ1) is 18.1. The molecule has 212 valence electrons. The Morgan fingerprint density at radius 3 is 2.26 bits per heavy atom. The molecule has 4 N–H and O–H groups in total. The number of aryl methyl sites for hydroxylation is 3. The van der Waals surface area contributed by atoms with Gasteiger partial charge in [-0.3, -0.25) is 14.4 Å². The van der Waals surface area contributed by atoms with Crippen LogP contribution in [0.15, 0.2) is 36.4 Å². The molecule has 39 heavy (non-hydrogen) atoms. The molecule has 2 unspecified atom stereocenters. The minimum absolute atomic E-state index is 0.0608. The lowest BCUT2D eigenvalue weighted by Gasteiger charge is -2.34. The van der Waals surface area contributed by atoms with Crippen LogP contribution in [0.5, 0.6) is 0 Å². The highest BCUT2D eigenvalue weighted by Gasteiger charge is 2.36. The SMILES string of the molecule is CCN(C(=O)C(CCC(N)=O)NC(=O)OC(C)(C)C)C(C(=O)Nc1c(C)cccc1Cl)c1ccc(C)cc1C. The number of amides is 4. The topological polar surface area (TPSA) is 131 Å². The van der Waals surface area contributed by atoms with Crippen LogP contribution in [0.3, 0.4) is 0 Å². The van der Waals surface area contributed by atoms with Crippen LogP contribution in [-0.4, -0.2) is 46.9 Å². The molecule has 0 saturated carbocycles. The highest BCUT2D eigenvalue weighted by atomic mass is 35.5. The standard InChI is InChI=1S/C29H39ClN4O5/c1-8-34(27(37)22(14-15-23(31)35)32-28(38)39-29(5,6)7)25(20-13-12-17(2)16-19(20)4)26(36)33-24-18(3)10-9-11-21(24)30/h9-13,16,22,25H,8,14-15H2,1-7H3,(H2,31,35)(H,32,38)(H,33,36). The van der Waals surface area contributed by atoms with Crippen molar-refractivity contribution < 1.29 is 23.9 Å². The summed E-state index contributed by atoms with van der Waals surface area (Å²) in [6, 6.07) is 8.66. The fraction of sp³-hybridized carbons (Fsp3) is 0.448. The Hall–Kier alpha value is -3.59. The second-order valence-electron chi connectivity index (χ2n) is 10.5. The van der Waals surface area contributed by atoms with E-state index in [4.69, 9.17) is 22.1 Å². The van der Waals surface area contributed by atoms with E-state index in [1.165, 1.54) is 4.90 Å². The Morgan fingerprint density at radius 1 is 1.05 bits per heavy atom. The molecule has 2 aromatic rings. The third-order valence-electron chi connectivity index (χ3n) is 6.04. The number of nitrogens with two attached hydrogens (primary N) is 1. The van der Waals surface area contributed by atoms with Crippen LogP contribution in [0, 0.1) is 20.8 Å². The molecule has 2 aromatic carbocycles. The largest absolute Gasteiger partial charge is 0.444 e.